The Morgan fingerprint density at radius 3 is 1.81 bits per heavy atom. The van der Waals surface area contributed by atoms with Gasteiger partial charge in [-0.25, -0.2) is 13.0 Å². The van der Waals surface area contributed by atoms with Crippen molar-refractivity contribution in [2.24, 2.45) is 0 Å². The van der Waals surface area contributed by atoms with Crippen LogP contribution in [0.25, 0.3) is 5.57 Å². The normalized spacial score (nSPS) is 13.1. The largest absolute Gasteiger partial charge is 0.744 e. The molecule has 0 fully saturated rings. The second-order valence-corrected chi connectivity index (χ2v) is 15.9. The van der Waals surface area contributed by atoms with Crippen molar-refractivity contribution in [1.29, 1.82) is 0 Å². The third-order valence-electron chi connectivity index (χ3n) is 8.37. The van der Waals surface area contributed by atoms with Crippen molar-refractivity contribution >= 4 is 96.2 Å². The monoisotopic (exact) mass is 886 g/mol. The minimum atomic E-state index is -4.85. The molecule has 0 spiro atoms. The zero-order valence-electron chi connectivity index (χ0n) is 28.5. The first kappa shape index (κ1) is 41.6. The molecule has 11 nitrogen and oxygen atoms in total. The van der Waals surface area contributed by atoms with Crippen molar-refractivity contribution in [1.82, 2.24) is 0 Å². The van der Waals surface area contributed by atoms with Crippen LogP contribution in [0.1, 0.15) is 36.1 Å². The van der Waals surface area contributed by atoms with Gasteiger partial charge < -0.3 is 9.45 Å². The molecule has 0 bridgehead atoms. The van der Waals surface area contributed by atoms with E-state index in [2.05, 4.69) is 0 Å². The van der Waals surface area contributed by atoms with E-state index in [1.165, 1.54) is 36.4 Å². The van der Waals surface area contributed by atoms with Gasteiger partial charge in [-0.1, -0.05) is 54.6 Å². The number of hydrogen-bond donors (Lipinski definition) is 2. The summed E-state index contributed by atoms with van der Waals surface area (Å²) in [6, 6.07) is 25.5. The number of rotatable bonds is 12. The number of hydrogen-bond acceptors (Lipinski definition) is 8. The van der Waals surface area contributed by atoms with Crippen LogP contribution in [0.4, 0.5) is 5.69 Å². The summed E-state index contributed by atoms with van der Waals surface area (Å²) in [7, 11) is -13.6. The van der Waals surface area contributed by atoms with E-state index in [-0.39, 0.29) is 69.1 Å². The molecule has 0 amide bonds. The summed E-state index contributed by atoms with van der Waals surface area (Å²) in [5.41, 5.74) is 4.97. The van der Waals surface area contributed by atoms with Gasteiger partial charge in [-0.05, 0) is 90.7 Å². The molecule has 0 unspecified atom stereocenters. The van der Waals surface area contributed by atoms with Crippen molar-refractivity contribution in [3.8, 4) is 0 Å². The van der Waals surface area contributed by atoms with Crippen LogP contribution in [0.5, 0.6) is 0 Å². The van der Waals surface area contributed by atoms with Gasteiger partial charge >= 0.3 is 0 Å². The minimum Gasteiger partial charge on any atom is -0.744 e. The molecule has 0 heterocycles. The number of nitrogens with zero attached hydrogens (tertiary/aromatic N) is 2. The van der Waals surface area contributed by atoms with Crippen LogP contribution in [0.3, 0.4) is 0 Å². The third-order valence-corrected chi connectivity index (χ3v) is 11.0. The smallest absolute Gasteiger partial charge is 0.294 e. The summed E-state index contributed by atoms with van der Waals surface area (Å²) >= 11 is 0. The van der Waals surface area contributed by atoms with Crippen LogP contribution in [-0.2, 0) is 43.4 Å². The van der Waals surface area contributed by atoms with Crippen LogP contribution in [0.15, 0.2) is 142 Å². The fourth-order valence-corrected chi connectivity index (χ4v) is 7.65. The standard InChI is InChI=1S/C37H36N2O9S3.Ba/c1-3-38(25-27-9-7-11-33(23-27)49(40,41)42)31-19-15-29(16-20-31)37(35-13-5-6-14-36(35)51(46,47)48)30-17-21-32(22-18-30)39(4-2)26-28-10-8-12-34(24-28)50(43,44)45;/h5-24H,3-4,25-26H2,1-2H3,(H2-,40,41,42,43,44,45,46,47,48);. The van der Waals surface area contributed by atoms with E-state index in [1.54, 1.807) is 36.4 Å². The Morgan fingerprint density at radius 1 is 0.712 bits per heavy atom. The molecule has 0 aliphatic heterocycles. The van der Waals surface area contributed by atoms with E-state index in [1.807, 2.05) is 71.9 Å². The molecule has 2 radical (unpaired) electrons. The van der Waals surface area contributed by atoms with Gasteiger partial charge in [0.1, 0.15) is 16.7 Å². The molecule has 2 N–H and O–H groups in total. The van der Waals surface area contributed by atoms with E-state index in [4.69, 9.17) is 0 Å². The number of allylic oxidation sites excluding steroid dienone is 5. The van der Waals surface area contributed by atoms with Gasteiger partial charge in [0.05, 0.1) is 14.7 Å². The summed E-state index contributed by atoms with van der Waals surface area (Å²) in [5, 5.41) is 0. The van der Waals surface area contributed by atoms with E-state index >= 15 is 0 Å². The fourth-order valence-electron chi connectivity index (χ4n) is 5.87. The van der Waals surface area contributed by atoms with Gasteiger partial charge in [-0.15, -0.1) is 0 Å². The maximum atomic E-state index is 12.4. The van der Waals surface area contributed by atoms with Crippen molar-refractivity contribution in [2.45, 2.75) is 41.6 Å². The summed E-state index contributed by atoms with van der Waals surface area (Å²) in [4.78, 5) is 1.24. The van der Waals surface area contributed by atoms with Crippen LogP contribution < -0.4 is 4.90 Å². The van der Waals surface area contributed by atoms with E-state index in [9.17, 15) is 38.9 Å². The van der Waals surface area contributed by atoms with E-state index in [0.29, 0.717) is 54.0 Å². The predicted molar refractivity (Wildman–Crippen MR) is 200 cm³/mol. The third kappa shape index (κ3) is 10.3. The molecule has 4 aromatic rings. The maximum Gasteiger partial charge on any atom is 0.294 e. The van der Waals surface area contributed by atoms with Gasteiger partial charge in [0.15, 0.2) is 12.3 Å². The Labute approximate surface area is 345 Å². The Bertz CT molecular complexity index is 2400. The van der Waals surface area contributed by atoms with Crippen molar-refractivity contribution < 1.29 is 43.5 Å². The average molecular weight is 886 g/mol. The Kier molecular flexibility index (Phi) is 13.9. The van der Waals surface area contributed by atoms with Gasteiger partial charge in [0, 0.05) is 90.9 Å². The molecular formula is C37H36BaN2O9S3. The van der Waals surface area contributed by atoms with Gasteiger partial charge in [0.2, 0.25) is 0 Å². The van der Waals surface area contributed by atoms with Crippen LogP contribution in [0, 0.1) is 0 Å². The Balaban J connectivity index is 0.00000605. The zero-order chi connectivity index (χ0) is 37.0. The molecule has 15 heteroatoms. The van der Waals surface area contributed by atoms with Gasteiger partial charge in [0.25, 0.3) is 20.2 Å². The topological polar surface area (TPSA) is 172 Å². The SMILES string of the molecule is CCN(Cc1cccc(S(=O)(=O)O)c1)c1ccc(C(=C2C=CC(=[N+](CC)Cc3cccc(S(=O)(=O)O)c3)C=C2)c2ccccc2S(=O)(=O)[O-])cc1.[Ba]. The Morgan fingerprint density at radius 2 is 1.27 bits per heavy atom. The summed E-state index contributed by atoms with van der Waals surface area (Å²) in [5.74, 6) is 0. The summed E-state index contributed by atoms with van der Waals surface area (Å²) in [6.45, 7) is 5.72. The predicted octanol–water partition coefficient (Wildman–Crippen LogP) is 5.33. The van der Waals surface area contributed by atoms with Crippen LogP contribution in [0.2, 0.25) is 0 Å². The molecular weight excluding hydrogens is 850 g/mol. The Hall–Kier alpha value is -3.13. The average Bonchev–Trinajstić information content (AvgIpc) is 3.10. The number of benzene rings is 4. The molecule has 52 heavy (non-hydrogen) atoms. The van der Waals surface area contributed by atoms with Crippen molar-refractivity contribution in [3.63, 3.8) is 0 Å². The molecule has 268 valence electrons. The van der Waals surface area contributed by atoms with E-state index < -0.39 is 30.4 Å². The van der Waals surface area contributed by atoms with Crippen LogP contribution >= 0.6 is 0 Å². The first-order valence-corrected chi connectivity index (χ1v) is 20.1. The van der Waals surface area contributed by atoms with Crippen molar-refractivity contribution in [2.75, 3.05) is 18.0 Å². The van der Waals surface area contributed by atoms with E-state index in [0.717, 1.165) is 11.4 Å². The van der Waals surface area contributed by atoms with Crippen molar-refractivity contribution in [3.05, 3.63) is 149 Å². The molecule has 5 rings (SSSR count). The molecule has 0 saturated carbocycles. The minimum absolute atomic E-state index is 0. The summed E-state index contributed by atoms with van der Waals surface area (Å²) < 4.78 is 105. The molecule has 0 atom stereocenters. The molecule has 1 aliphatic rings. The summed E-state index contributed by atoms with van der Waals surface area (Å²) in [6.07, 6.45) is 7.36. The second kappa shape index (κ2) is 17.3. The molecule has 4 aromatic carbocycles. The quantitative estimate of drug-likeness (QED) is 0.108. The molecule has 0 aromatic heterocycles. The zero-order valence-corrected chi connectivity index (χ0v) is 35.3. The second-order valence-electron chi connectivity index (χ2n) is 11.7. The van der Waals surface area contributed by atoms with Crippen LogP contribution in [-0.4, -0.2) is 111 Å². The first-order chi connectivity index (χ1) is 24.1. The van der Waals surface area contributed by atoms with Gasteiger partial charge in [-0.3, -0.25) is 9.11 Å². The fraction of sp³-hybridized carbons (Fsp3) is 0.162. The maximum absolute atomic E-state index is 12.4. The molecule has 0 saturated heterocycles. The van der Waals surface area contributed by atoms with Gasteiger partial charge in [-0.2, -0.15) is 16.8 Å². The number of anilines is 1. The molecule has 1 aliphatic carbocycles. The first-order valence-electron chi connectivity index (χ1n) is 15.8.